The fourth-order valence-electron chi connectivity index (χ4n) is 3.02. The van der Waals surface area contributed by atoms with Gasteiger partial charge in [-0.05, 0) is 43.2 Å². The van der Waals surface area contributed by atoms with E-state index >= 15 is 0 Å². The van der Waals surface area contributed by atoms with E-state index in [1.54, 1.807) is 29.1 Å². The Morgan fingerprint density at radius 1 is 0.923 bits per heavy atom. The van der Waals surface area contributed by atoms with E-state index in [9.17, 15) is 9.59 Å². The van der Waals surface area contributed by atoms with E-state index in [1.165, 1.54) is 11.1 Å². The number of anilines is 2. The van der Waals surface area contributed by atoms with Crippen molar-refractivity contribution in [3.63, 3.8) is 0 Å². The van der Waals surface area contributed by atoms with Crippen molar-refractivity contribution in [3.05, 3.63) is 53.3 Å². The third-order valence-electron chi connectivity index (χ3n) is 4.79. The number of pyridine rings is 1. The highest BCUT2D eigenvalue weighted by Crippen LogP contribution is 2.20. The number of hydrogen-bond donors (Lipinski definition) is 1. The van der Waals surface area contributed by atoms with Gasteiger partial charge in [0.15, 0.2) is 0 Å². The van der Waals surface area contributed by atoms with Crippen LogP contribution in [0.2, 0.25) is 0 Å². The van der Waals surface area contributed by atoms with E-state index in [-0.39, 0.29) is 11.8 Å². The number of nitrogens with zero attached hydrogens (tertiary/aromatic N) is 3. The molecule has 26 heavy (non-hydrogen) atoms. The Morgan fingerprint density at radius 2 is 1.62 bits per heavy atom. The number of nitrogens with one attached hydrogen (secondary N) is 1. The van der Waals surface area contributed by atoms with Crippen LogP contribution in [0.25, 0.3) is 0 Å². The maximum atomic E-state index is 12.7. The summed E-state index contributed by atoms with van der Waals surface area (Å²) in [5.74, 6) is 0.00259. The molecule has 1 N–H and O–H groups in total. The fourth-order valence-corrected chi connectivity index (χ4v) is 3.02. The topological polar surface area (TPSA) is 65.5 Å². The Kier molecular flexibility index (Phi) is 5.21. The molecule has 3 rings (SSSR count). The first kappa shape index (κ1) is 17.9. The molecule has 1 aromatic carbocycles. The van der Waals surface area contributed by atoms with E-state index in [0.717, 1.165) is 11.4 Å². The highest BCUT2D eigenvalue weighted by Gasteiger charge is 2.23. The third-order valence-corrected chi connectivity index (χ3v) is 4.79. The highest BCUT2D eigenvalue weighted by molar-refractivity contribution is 5.95. The van der Waals surface area contributed by atoms with Gasteiger partial charge >= 0.3 is 0 Å². The summed E-state index contributed by atoms with van der Waals surface area (Å²) >= 11 is 0. The summed E-state index contributed by atoms with van der Waals surface area (Å²) < 4.78 is 0. The minimum Gasteiger partial charge on any atom is -0.354 e. The second-order valence-electron chi connectivity index (χ2n) is 6.68. The number of piperazine rings is 1. The molecule has 0 aliphatic carbocycles. The van der Waals surface area contributed by atoms with Crippen molar-refractivity contribution >= 4 is 23.2 Å². The van der Waals surface area contributed by atoms with Crippen LogP contribution in [0.5, 0.6) is 0 Å². The van der Waals surface area contributed by atoms with Crippen LogP contribution < -0.4 is 5.32 Å². The quantitative estimate of drug-likeness (QED) is 0.922. The Hall–Kier alpha value is -2.89. The number of aromatic nitrogens is 1. The van der Waals surface area contributed by atoms with Crippen molar-refractivity contribution in [1.29, 1.82) is 0 Å². The summed E-state index contributed by atoms with van der Waals surface area (Å²) in [6.45, 7) is 7.96. The van der Waals surface area contributed by atoms with Gasteiger partial charge in [0, 0.05) is 45.0 Å². The predicted molar refractivity (Wildman–Crippen MR) is 102 cm³/mol. The standard InChI is InChI=1S/C20H24N4O2/c1-14-4-5-18(10-15(14)2)22-19-11-17(12-21-13-19)20(26)24-8-6-23(7-9-24)16(3)25/h4-5,10-13,22H,6-9H2,1-3H3. The van der Waals surface area contributed by atoms with E-state index in [4.69, 9.17) is 0 Å². The van der Waals surface area contributed by atoms with E-state index in [1.807, 2.05) is 12.1 Å². The summed E-state index contributed by atoms with van der Waals surface area (Å²) in [4.78, 5) is 31.9. The fraction of sp³-hybridized carbons (Fsp3) is 0.350. The Morgan fingerprint density at radius 3 is 2.27 bits per heavy atom. The van der Waals surface area contributed by atoms with Crippen LogP contribution in [0.3, 0.4) is 0 Å². The summed E-state index contributed by atoms with van der Waals surface area (Å²) in [5, 5.41) is 3.31. The maximum absolute atomic E-state index is 12.7. The molecule has 0 bridgehead atoms. The van der Waals surface area contributed by atoms with Gasteiger partial charge in [0.05, 0.1) is 17.4 Å². The predicted octanol–water partition coefficient (Wildman–Crippen LogP) is 2.75. The summed E-state index contributed by atoms with van der Waals surface area (Å²) in [7, 11) is 0. The van der Waals surface area contributed by atoms with Gasteiger partial charge < -0.3 is 15.1 Å². The third kappa shape index (κ3) is 4.02. The van der Waals surface area contributed by atoms with Gasteiger partial charge in [0.2, 0.25) is 5.91 Å². The van der Waals surface area contributed by atoms with Gasteiger partial charge in [-0.1, -0.05) is 6.07 Å². The molecule has 1 aromatic heterocycles. The lowest BCUT2D eigenvalue weighted by Crippen LogP contribution is -2.50. The second-order valence-corrected chi connectivity index (χ2v) is 6.68. The number of amides is 2. The van der Waals surface area contributed by atoms with Crippen molar-refractivity contribution in [3.8, 4) is 0 Å². The zero-order valence-electron chi connectivity index (χ0n) is 15.5. The molecule has 0 unspecified atom stereocenters. The SMILES string of the molecule is CC(=O)N1CCN(C(=O)c2cncc(Nc3ccc(C)c(C)c3)c2)CC1. The second kappa shape index (κ2) is 7.56. The minimum atomic E-state index is -0.0514. The monoisotopic (exact) mass is 352 g/mol. The van der Waals surface area contributed by atoms with E-state index in [0.29, 0.717) is 31.7 Å². The highest BCUT2D eigenvalue weighted by atomic mass is 16.2. The van der Waals surface area contributed by atoms with Crippen LogP contribution >= 0.6 is 0 Å². The molecule has 136 valence electrons. The van der Waals surface area contributed by atoms with Crippen molar-refractivity contribution < 1.29 is 9.59 Å². The molecule has 1 aliphatic rings. The van der Waals surface area contributed by atoms with Gasteiger partial charge in [0.25, 0.3) is 5.91 Å². The summed E-state index contributed by atoms with van der Waals surface area (Å²) in [6.07, 6.45) is 3.30. The zero-order chi connectivity index (χ0) is 18.7. The lowest BCUT2D eigenvalue weighted by molar-refractivity contribution is -0.130. The Balaban J connectivity index is 1.69. The average molecular weight is 352 g/mol. The van der Waals surface area contributed by atoms with Crippen LogP contribution in [0.15, 0.2) is 36.7 Å². The molecule has 2 aromatic rings. The Bertz CT molecular complexity index is 826. The largest absolute Gasteiger partial charge is 0.354 e. The van der Waals surface area contributed by atoms with Crippen molar-refractivity contribution in [2.75, 3.05) is 31.5 Å². The van der Waals surface area contributed by atoms with Gasteiger partial charge in [-0.2, -0.15) is 0 Å². The molecule has 2 heterocycles. The molecule has 0 atom stereocenters. The van der Waals surface area contributed by atoms with Crippen LogP contribution in [0.4, 0.5) is 11.4 Å². The molecule has 0 spiro atoms. The molecule has 0 radical (unpaired) electrons. The van der Waals surface area contributed by atoms with Gasteiger partial charge in [-0.25, -0.2) is 0 Å². The van der Waals surface area contributed by atoms with Crippen LogP contribution in [-0.2, 0) is 4.79 Å². The van der Waals surface area contributed by atoms with Crippen molar-refractivity contribution in [2.45, 2.75) is 20.8 Å². The Labute approximate surface area is 153 Å². The van der Waals surface area contributed by atoms with Crippen molar-refractivity contribution in [1.82, 2.24) is 14.8 Å². The summed E-state index contributed by atoms with van der Waals surface area (Å²) in [5.41, 5.74) is 4.74. The molecular formula is C20H24N4O2. The molecule has 1 aliphatic heterocycles. The molecular weight excluding hydrogens is 328 g/mol. The number of benzene rings is 1. The van der Waals surface area contributed by atoms with Gasteiger partial charge in [-0.3, -0.25) is 14.6 Å². The normalized spacial score (nSPS) is 14.3. The van der Waals surface area contributed by atoms with Gasteiger partial charge in [0.1, 0.15) is 0 Å². The summed E-state index contributed by atoms with van der Waals surface area (Å²) in [6, 6.07) is 7.97. The van der Waals surface area contributed by atoms with Crippen LogP contribution in [0.1, 0.15) is 28.4 Å². The zero-order valence-corrected chi connectivity index (χ0v) is 15.5. The smallest absolute Gasteiger partial charge is 0.255 e. The maximum Gasteiger partial charge on any atom is 0.255 e. The molecule has 6 heteroatoms. The number of hydrogen-bond acceptors (Lipinski definition) is 4. The molecule has 1 saturated heterocycles. The first-order chi connectivity index (χ1) is 12.4. The van der Waals surface area contributed by atoms with Crippen LogP contribution in [0, 0.1) is 13.8 Å². The molecule has 0 saturated carbocycles. The molecule has 2 amide bonds. The number of rotatable bonds is 3. The lowest BCUT2D eigenvalue weighted by Gasteiger charge is -2.34. The average Bonchev–Trinajstić information content (AvgIpc) is 2.64. The van der Waals surface area contributed by atoms with Crippen LogP contribution in [-0.4, -0.2) is 52.8 Å². The lowest BCUT2D eigenvalue weighted by atomic mass is 10.1. The number of aryl methyl sites for hydroxylation is 2. The molecule has 6 nitrogen and oxygen atoms in total. The van der Waals surface area contributed by atoms with Crippen molar-refractivity contribution in [2.24, 2.45) is 0 Å². The minimum absolute atomic E-state index is 0.0514. The van der Waals surface area contributed by atoms with Gasteiger partial charge in [-0.15, -0.1) is 0 Å². The first-order valence-corrected chi connectivity index (χ1v) is 8.78. The van der Waals surface area contributed by atoms with E-state index in [2.05, 4.69) is 36.3 Å². The van der Waals surface area contributed by atoms with E-state index < -0.39 is 0 Å². The molecule has 1 fully saturated rings. The number of carbonyl (C=O) groups excluding carboxylic acids is 2. The first-order valence-electron chi connectivity index (χ1n) is 8.78. The number of carbonyl (C=O) groups is 2.